The first-order valence-corrected chi connectivity index (χ1v) is 8.39. The molecule has 0 aromatic carbocycles. The number of rotatable bonds is 3. The number of aryl methyl sites for hydroxylation is 1. The van der Waals surface area contributed by atoms with Crippen LogP contribution >= 0.6 is 11.6 Å². The second kappa shape index (κ2) is 6.43. The molecule has 2 aromatic rings. The van der Waals surface area contributed by atoms with E-state index in [-0.39, 0.29) is 34.9 Å². The Hall–Kier alpha value is -2.09. The monoisotopic (exact) mass is 353 g/mol. The van der Waals surface area contributed by atoms with Crippen molar-refractivity contribution in [2.45, 2.75) is 44.7 Å². The van der Waals surface area contributed by atoms with E-state index >= 15 is 0 Å². The van der Waals surface area contributed by atoms with Crippen molar-refractivity contribution >= 4 is 28.7 Å². The van der Waals surface area contributed by atoms with Crippen LogP contribution in [0.25, 0.3) is 11.2 Å². The molecule has 1 aliphatic rings. The Morgan fingerprint density at radius 1 is 1.21 bits per heavy atom. The quantitative estimate of drug-likeness (QED) is 0.815. The normalized spacial score (nSPS) is 15.8. The maximum Gasteiger partial charge on any atom is 0.332 e. The molecule has 0 unspecified atom stereocenters. The fourth-order valence-corrected chi connectivity index (χ4v) is 3.45. The SMILES string of the molecule is Cn1c(=O)c2c(nc(Cl)n2CC(=O)NC2CCCCC2)n(C)c1=O. The Balaban J connectivity index is 1.95. The zero-order valence-electron chi connectivity index (χ0n) is 13.7. The maximum atomic E-state index is 12.4. The lowest BCUT2D eigenvalue weighted by Gasteiger charge is -2.22. The molecule has 1 saturated carbocycles. The molecule has 24 heavy (non-hydrogen) atoms. The van der Waals surface area contributed by atoms with Gasteiger partial charge in [-0.2, -0.15) is 4.98 Å². The summed E-state index contributed by atoms with van der Waals surface area (Å²) in [6, 6.07) is 0.173. The Labute approximate surface area is 143 Å². The summed E-state index contributed by atoms with van der Waals surface area (Å²) < 4.78 is 3.59. The van der Waals surface area contributed by atoms with Crippen molar-refractivity contribution in [3.8, 4) is 0 Å². The van der Waals surface area contributed by atoms with E-state index in [0.717, 1.165) is 30.3 Å². The summed E-state index contributed by atoms with van der Waals surface area (Å²) in [5, 5.41) is 3.00. The zero-order chi connectivity index (χ0) is 17.4. The van der Waals surface area contributed by atoms with Crippen LogP contribution in [0.2, 0.25) is 5.28 Å². The van der Waals surface area contributed by atoms with Crippen LogP contribution < -0.4 is 16.6 Å². The Bertz CT molecular complexity index is 904. The first kappa shape index (κ1) is 16.8. The van der Waals surface area contributed by atoms with Gasteiger partial charge in [-0.25, -0.2) is 4.79 Å². The largest absolute Gasteiger partial charge is 0.352 e. The van der Waals surface area contributed by atoms with Gasteiger partial charge in [0.25, 0.3) is 5.56 Å². The third-order valence-corrected chi connectivity index (χ3v) is 4.86. The van der Waals surface area contributed by atoms with Gasteiger partial charge in [0, 0.05) is 20.1 Å². The number of carbonyl (C=O) groups excluding carboxylic acids is 1. The van der Waals surface area contributed by atoms with Crippen molar-refractivity contribution in [1.29, 1.82) is 0 Å². The highest BCUT2D eigenvalue weighted by molar-refractivity contribution is 6.29. The molecule has 0 radical (unpaired) electrons. The second-order valence-corrected chi connectivity index (χ2v) is 6.59. The number of amides is 1. The molecule has 0 aliphatic heterocycles. The first-order chi connectivity index (χ1) is 11.4. The number of aromatic nitrogens is 4. The fourth-order valence-electron chi connectivity index (χ4n) is 3.23. The molecule has 0 spiro atoms. The van der Waals surface area contributed by atoms with Crippen molar-refractivity contribution in [1.82, 2.24) is 24.0 Å². The average Bonchev–Trinajstić information content (AvgIpc) is 2.88. The van der Waals surface area contributed by atoms with E-state index in [0.29, 0.717) is 0 Å². The number of imidazole rings is 1. The topological polar surface area (TPSA) is 90.9 Å². The first-order valence-electron chi connectivity index (χ1n) is 8.01. The highest BCUT2D eigenvalue weighted by atomic mass is 35.5. The molecule has 1 amide bonds. The summed E-state index contributed by atoms with van der Waals surface area (Å²) in [5.74, 6) is -0.209. The number of halogens is 1. The number of nitrogens with one attached hydrogen (secondary N) is 1. The Morgan fingerprint density at radius 2 is 1.88 bits per heavy atom. The van der Waals surface area contributed by atoms with Gasteiger partial charge in [0.2, 0.25) is 11.2 Å². The molecule has 0 atom stereocenters. The van der Waals surface area contributed by atoms with Crippen LogP contribution in [0.1, 0.15) is 32.1 Å². The van der Waals surface area contributed by atoms with Gasteiger partial charge < -0.3 is 5.32 Å². The lowest BCUT2D eigenvalue weighted by molar-refractivity contribution is -0.122. The molecule has 9 heteroatoms. The van der Waals surface area contributed by atoms with Gasteiger partial charge >= 0.3 is 5.69 Å². The van der Waals surface area contributed by atoms with E-state index in [1.165, 1.54) is 29.7 Å². The molecule has 3 rings (SSSR count). The van der Waals surface area contributed by atoms with Gasteiger partial charge in [-0.1, -0.05) is 19.3 Å². The molecule has 1 fully saturated rings. The molecular weight excluding hydrogens is 334 g/mol. The van der Waals surface area contributed by atoms with Crippen LogP contribution in [-0.4, -0.2) is 30.6 Å². The van der Waals surface area contributed by atoms with E-state index in [1.54, 1.807) is 0 Å². The lowest BCUT2D eigenvalue weighted by Crippen LogP contribution is -2.40. The molecule has 0 saturated heterocycles. The van der Waals surface area contributed by atoms with Crippen molar-refractivity contribution in [3.05, 3.63) is 26.1 Å². The summed E-state index contributed by atoms with van der Waals surface area (Å²) in [4.78, 5) is 40.8. The zero-order valence-corrected chi connectivity index (χ0v) is 14.5. The summed E-state index contributed by atoms with van der Waals surface area (Å²) in [6.07, 6.45) is 5.37. The predicted molar refractivity (Wildman–Crippen MR) is 90.2 cm³/mol. The maximum absolute atomic E-state index is 12.4. The van der Waals surface area contributed by atoms with Gasteiger partial charge in [-0.05, 0) is 24.4 Å². The summed E-state index contributed by atoms with van der Waals surface area (Å²) in [7, 11) is 2.90. The van der Waals surface area contributed by atoms with Gasteiger partial charge in [0.1, 0.15) is 6.54 Å². The summed E-state index contributed by atoms with van der Waals surface area (Å²) >= 11 is 6.11. The minimum atomic E-state index is -0.516. The van der Waals surface area contributed by atoms with Crippen LogP contribution in [0, 0.1) is 0 Å². The lowest BCUT2D eigenvalue weighted by atomic mass is 9.95. The Morgan fingerprint density at radius 3 is 2.54 bits per heavy atom. The Kier molecular flexibility index (Phi) is 4.49. The van der Waals surface area contributed by atoms with Gasteiger partial charge in [-0.3, -0.25) is 23.3 Å². The molecule has 8 nitrogen and oxygen atoms in total. The summed E-state index contributed by atoms with van der Waals surface area (Å²) in [6.45, 7) is -0.0979. The summed E-state index contributed by atoms with van der Waals surface area (Å²) in [5.41, 5.74) is -0.666. The van der Waals surface area contributed by atoms with E-state index in [4.69, 9.17) is 11.6 Å². The van der Waals surface area contributed by atoms with Gasteiger partial charge in [0.05, 0.1) is 0 Å². The van der Waals surface area contributed by atoms with Crippen LogP contribution in [0.3, 0.4) is 0 Å². The molecule has 2 aromatic heterocycles. The number of hydrogen-bond acceptors (Lipinski definition) is 4. The van der Waals surface area contributed by atoms with Crippen molar-refractivity contribution in [3.63, 3.8) is 0 Å². The van der Waals surface area contributed by atoms with Gasteiger partial charge in [0.15, 0.2) is 11.2 Å². The molecule has 1 N–H and O–H groups in total. The van der Waals surface area contributed by atoms with Crippen LogP contribution in [0.4, 0.5) is 0 Å². The number of fused-ring (bicyclic) bond motifs is 1. The smallest absolute Gasteiger partial charge is 0.332 e. The van der Waals surface area contributed by atoms with Crippen molar-refractivity contribution in [2.75, 3.05) is 0 Å². The van der Waals surface area contributed by atoms with Gasteiger partial charge in [-0.15, -0.1) is 0 Å². The second-order valence-electron chi connectivity index (χ2n) is 6.25. The standard InChI is InChI=1S/C15H20ClN5O3/c1-19-12-11(13(23)20(2)15(19)24)21(14(16)18-12)8-10(22)17-9-6-4-3-5-7-9/h9H,3-8H2,1-2H3,(H,17,22). The minimum Gasteiger partial charge on any atom is -0.352 e. The van der Waals surface area contributed by atoms with Crippen LogP contribution in [-0.2, 0) is 25.4 Å². The highest BCUT2D eigenvalue weighted by Gasteiger charge is 2.21. The van der Waals surface area contributed by atoms with E-state index < -0.39 is 11.2 Å². The molecular formula is C15H20ClN5O3. The van der Waals surface area contributed by atoms with E-state index in [9.17, 15) is 14.4 Å². The number of nitrogens with zero attached hydrogens (tertiary/aromatic N) is 4. The third kappa shape index (κ3) is 2.86. The van der Waals surface area contributed by atoms with E-state index in [2.05, 4.69) is 10.3 Å². The highest BCUT2D eigenvalue weighted by Crippen LogP contribution is 2.18. The molecule has 2 heterocycles. The van der Waals surface area contributed by atoms with Crippen LogP contribution in [0.15, 0.2) is 9.59 Å². The van der Waals surface area contributed by atoms with Crippen molar-refractivity contribution < 1.29 is 4.79 Å². The number of carbonyl (C=O) groups is 1. The van der Waals surface area contributed by atoms with Crippen molar-refractivity contribution in [2.24, 2.45) is 14.1 Å². The van der Waals surface area contributed by atoms with E-state index in [1.807, 2.05) is 0 Å². The number of hydrogen-bond donors (Lipinski definition) is 1. The minimum absolute atomic E-state index is 0.0158. The average molecular weight is 354 g/mol. The molecule has 1 aliphatic carbocycles. The fraction of sp³-hybridized carbons (Fsp3) is 0.600. The third-order valence-electron chi connectivity index (χ3n) is 4.57. The molecule has 130 valence electrons. The van der Waals surface area contributed by atoms with Crippen LogP contribution in [0.5, 0.6) is 0 Å². The molecule has 0 bridgehead atoms. The predicted octanol–water partition coefficient (Wildman–Crippen LogP) is 0.536.